The van der Waals surface area contributed by atoms with Crippen LogP contribution in [0.3, 0.4) is 0 Å². The molecule has 0 aliphatic heterocycles. The summed E-state index contributed by atoms with van der Waals surface area (Å²) in [5, 5.41) is 14.5. The van der Waals surface area contributed by atoms with Crippen LogP contribution >= 0.6 is 11.3 Å². The van der Waals surface area contributed by atoms with E-state index in [0.29, 0.717) is 6.54 Å². The van der Waals surface area contributed by atoms with Crippen molar-refractivity contribution in [3.63, 3.8) is 0 Å². The van der Waals surface area contributed by atoms with Gasteiger partial charge in [0.1, 0.15) is 0 Å². The van der Waals surface area contributed by atoms with Gasteiger partial charge in [-0.2, -0.15) is 0 Å². The van der Waals surface area contributed by atoms with Gasteiger partial charge in [-0.05, 0) is 23.8 Å². The quantitative estimate of drug-likeness (QED) is 0.459. The number of hydrogen-bond donors (Lipinski definition) is 1. The molecule has 0 saturated carbocycles. The summed E-state index contributed by atoms with van der Waals surface area (Å²) in [5.41, 5.74) is 0.901. The average molecular weight is 198 g/mol. The fourth-order valence-corrected chi connectivity index (χ4v) is 1.79. The zero-order chi connectivity index (χ0) is 9.84. The van der Waals surface area contributed by atoms with E-state index in [-0.39, 0.29) is 9.92 Å². The molecule has 1 aromatic heterocycles. The summed E-state index contributed by atoms with van der Waals surface area (Å²) in [7, 11) is 0. The van der Waals surface area contributed by atoms with E-state index < -0.39 is 0 Å². The molecular formula is C8H10N2O2S. The van der Waals surface area contributed by atoms with Crippen molar-refractivity contribution >= 4 is 21.3 Å². The van der Waals surface area contributed by atoms with Crippen LogP contribution in [-0.2, 0) is 0 Å². The highest BCUT2D eigenvalue weighted by Gasteiger charge is 2.12. The molecule has 0 spiro atoms. The van der Waals surface area contributed by atoms with E-state index in [4.69, 9.17) is 0 Å². The molecule has 70 valence electrons. The van der Waals surface area contributed by atoms with Crippen LogP contribution in [0.15, 0.2) is 18.7 Å². The van der Waals surface area contributed by atoms with Crippen LogP contribution < -0.4 is 5.32 Å². The van der Waals surface area contributed by atoms with E-state index in [1.54, 1.807) is 12.1 Å². The Bertz CT molecular complexity index is 333. The number of aryl methyl sites for hydroxylation is 1. The lowest BCUT2D eigenvalue weighted by Gasteiger charge is -1.98. The molecule has 0 fully saturated rings. The topological polar surface area (TPSA) is 55.2 Å². The Morgan fingerprint density at radius 3 is 3.00 bits per heavy atom. The number of rotatable bonds is 4. The monoisotopic (exact) mass is 198 g/mol. The van der Waals surface area contributed by atoms with Gasteiger partial charge < -0.3 is 5.32 Å². The van der Waals surface area contributed by atoms with Gasteiger partial charge in [0.25, 0.3) is 0 Å². The van der Waals surface area contributed by atoms with Gasteiger partial charge in [0.05, 0.1) is 9.92 Å². The minimum absolute atomic E-state index is 0.170. The fourth-order valence-electron chi connectivity index (χ4n) is 0.896. The van der Waals surface area contributed by atoms with Crippen molar-refractivity contribution in [3.05, 3.63) is 34.4 Å². The lowest BCUT2D eigenvalue weighted by Crippen LogP contribution is -1.95. The third kappa shape index (κ3) is 2.29. The number of anilines is 1. The number of nitro groups is 1. The highest BCUT2D eigenvalue weighted by Crippen LogP contribution is 2.32. The largest absolute Gasteiger partial charge is 0.373 e. The second-order valence-corrected chi connectivity index (χ2v) is 3.55. The van der Waals surface area contributed by atoms with Gasteiger partial charge in [-0.1, -0.05) is 6.08 Å². The molecule has 4 nitrogen and oxygen atoms in total. The molecule has 0 amide bonds. The molecule has 13 heavy (non-hydrogen) atoms. The van der Waals surface area contributed by atoms with Gasteiger partial charge in [0.15, 0.2) is 0 Å². The average Bonchev–Trinajstić information content (AvgIpc) is 2.44. The van der Waals surface area contributed by atoms with E-state index in [1.807, 2.05) is 6.92 Å². The SMILES string of the molecule is C=CCNc1sc([N+](=O)[O-])cc1C. The minimum atomic E-state index is -0.378. The summed E-state index contributed by atoms with van der Waals surface area (Å²) in [6.45, 7) is 6.02. The molecule has 0 aliphatic rings. The Kier molecular flexibility index (Phi) is 3.02. The van der Waals surface area contributed by atoms with Gasteiger partial charge in [-0.3, -0.25) is 10.1 Å². The third-order valence-corrected chi connectivity index (χ3v) is 2.64. The van der Waals surface area contributed by atoms with Crippen LogP contribution in [0.1, 0.15) is 5.56 Å². The maximum atomic E-state index is 10.4. The number of nitrogens with one attached hydrogen (secondary N) is 1. The lowest BCUT2D eigenvalue weighted by atomic mass is 10.3. The van der Waals surface area contributed by atoms with E-state index >= 15 is 0 Å². The molecule has 0 atom stereocenters. The first-order valence-electron chi connectivity index (χ1n) is 3.74. The van der Waals surface area contributed by atoms with Crippen molar-refractivity contribution in [3.8, 4) is 0 Å². The Morgan fingerprint density at radius 2 is 2.54 bits per heavy atom. The van der Waals surface area contributed by atoms with Gasteiger partial charge in [0, 0.05) is 12.6 Å². The van der Waals surface area contributed by atoms with Crippen LogP contribution in [0.25, 0.3) is 0 Å². The first kappa shape index (κ1) is 9.73. The molecule has 1 rings (SSSR count). The van der Waals surface area contributed by atoms with Crippen molar-refractivity contribution in [2.45, 2.75) is 6.92 Å². The summed E-state index contributed by atoms with van der Waals surface area (Å²) in [5.74, 6) is 0. The Hall–Kier alpha value is -1.36. The summed E-state index contributed by atoms with van der Waals surface area (Å²) < 4.78 is 0. The number of nitrogens with zero attached hydrogens (tertiary/aromatic N) is 1. The van der Waals surface area contributed by atoms with Crippen LogP contribution in [0, 0.1) is 17.0 Å². The maximum absolute atomic E-state index is 10.4. The van der Waals surface area contributed by atoms with Gasteiger partial charge >= 0.3 is 5.00 Å². The normalized spacial score (nSPS) is 9.62. The van der Waals surface area contributed by atoms with Crippen LogP contribution in [-0.4, -0.2) is 11.5 Å². The third-order valence-electron chi connectivity index (χ3n) is 1.49. The van der Waals surface area contributed by atoms with E-state index in [2.05, 4.69) is 11.9 Å². The van der Waals surface area contributed by atoms with Crippen molar-refractivity contribution in [2.75, 3.05) is 11.9 Å². The van der Waals surface area contributed by atoms with Crippen molar-refractivity contribution in [2.24, 2.45) is 0 Å². The van der Waals surface area contributed by atoms with Gasteiger partial charge in [-0.15, -0.1) is 6.58 Å². The molecule has 0 unspecified atom stereocenters. The highest BCUT2D eigenvalue weighted by molar-refractivity contribution is 7.19. The molecule has 0 radical (unpaired) electrons. The Labute approximate surface area is 80.0 Å². The molecule has 0 bridgehead atoms. The van der Waals surface area contributed by atoms with Crippen LogP contribution in [0.4, 0.5) is 10.0 Å². The molecule has 1 aromatic rings. The smallest absolute Gasteiger partial charge is 0.326 e. The molecule has 0 saturated heterocycles. The number of hydrogen-bond acceptors (Lipinski definition) is 4. The predicted molar refractivity (Wildman–Crippen MR) is 54.4 cm³/mol. The van der Waals surface area contributed by atoms with Gasteiger partial charge in [-0.25, -0.2) is 0 Å². The molecular weight excluding hydrogens is 188 g/mol. The molecule has 0 aliphatic carbocycles. The standard InChI is InChI=1S/C8H10N2O2S/c1-3-4-9-8-6(2)5-7(13-8)10(11)12/h3,5,9H,1,4H2,2H3. The molecule has 0 aromatic carbocycles. The zero-order valence-electron chi connectivity index (χ0n) is 7.24. The van der Waals surface area contributed by atoms with Crippen molar-refractivity contribution < 1.29 is 4.92 Å². The summed E-state index contributed by atoms with van der Waals surface area (Å²) in [6, 6.07) is 1.57. The number of thiophene rings is 1. The van der Waals surface area contributed by atoms with E-state index in [9.17, 15) is 10.1 Å². The zero-order valence-corrected chi connectivity index (χ0v) is 8.06. The lowest BCUT2D eigenvalue weighted by molar-refractivity contribution is -0.380. The molecule has 1 N–H and O–H groups in total. The Balaban J connectivity index is 2.83. The first-order valence-corrected chi connectivity index (χ1v) is 4.56. The predicted octanol–water partition coefficient (Wildman–Crippen LogP) is 2.56. The minimum Gasteiger partial charge on any atom is -0.373 e. The molecule has 5 heteroatoms. The highest BCUT2D eigenvalue weighted by atomic mass is 32.1. The van der Waals surface area contributed by atoms with Crippen LogP contribution in [0.2, 0.25) is 0 Å². The van der Waals surface area contributed by atoms with Crippen molar-refractivity contribution in [1.29, 1.82) is 0 Å². The van der Waals surface area contributed by atoms with Crippen molar-refractivity contribution in [1.82, 2.24) is 0 Å². The van der Waals surface area contributed by atoms with Gasteiger partial charge in [0.2, 0.25) is 0 Å². The first-order chi connectivity index (χ1) is 6.15. The second kappa shape index (κ2) is 4.04. The Morgan fingerprint density at radius 1 is 1.85 bits per heavy atom. The summed E-state index contributed by atoms with van der Waals surface area (Å²) in [4.78, 5) is 10.0. The molecule has 1 heterocycles. The second-order valence-electron chi connectivity index (χ2n) is 2.52. The van der Waals surface area contributed by atoms with Crippen LogP contribution in [0.5, 0.6) is 0 Å². The summed E-state index contributed by atoms with van der Waals surface area (Å²) >= 11 is 1.15. The van der Waals surface area contributed by atoms with E-state index in [0.717, 1.165) is 21.9 Å². The summed E-state index contributed by atoms with van der Waals surface area (Å²) in [6.07, 6.45) is 1.71. The maximum Gasteiger partial charge on any atom is 0.326 e. The van der Waals surface area contributed by atoms with E-state index in [1.165, 1.54) is 0 Å². The fraction of sp³-hybridized carbons (Fsp3) is 0.250.